The Morgan fingerprint density at radius 3 is 2.61 bits per heavy atom. The molecule has 18 heavy (non-hydrogen) atoms. The van der Waals surface area contributed by atoms with Crippen LogP contribution in [0.4, 0.5) is 0 Å². The average molecular weight is 259 g/mol. The second kappa shape index (κ2) is 7.07. The monoisotopic (exact) mass is 259 g/mol. The summed E-state index contributed by atoms with van der Waals surface area (Å²) in [6, 6.07) is -0.0774. The molecule has 106 valence electrons. The molecule has 2 N–H and O–H groups in total. The first-order valence-corrected chi connectivity index (χ1v) is 6.56. The Bertz CT molecular complexity index is 264. The van der Waals surface area contributed by atoms with Crippen LogP contribution in [-0.4, -0.2) is 49.1 Å². The minimum Gasteiger partial charge on any atom is -0.480 e. The van der Waals surface area contributed by atoms with E-state index in [4.69, 9.17) is 14.6 Å². The van der Waals surface area contributed by atoms with Gasteiger partial charge in [0.25, 0.3) is 0 Å². The van der Waals surface area contributed by atoms with Crippen molar-refractivity contribution >= 4 is 5.97 Å². The molecule has 1 aliphatic rings. The van der Waals surface area contributed by atoms with Crippen molar-refractivity contribution in [3.63, 3.8) is 0 Å². The molecule has 0 spiro atoms. The number of ether oxygens (including phenoxy) is 2. The molecule has 0 heterocycles. The largest absolute Gasteiger partial charge is 0.480 e. The fraction of sp³-hybridized carbons (Fsp3) is 0.923. The van der Waals surface area contributed by atoms with Gasteiger partial charge in [-0.3, -0.25) is 4.79 Å². The van der Waals surface area contributed by atoms with Gasteiger partial charge >= 0.3 is 5.97 Å². The topological polar surface area (TPSA) is 67.8 Å². The Kier molecular flexibility index (Phi) is 6.05. The van der Waals surface area contributed by atoms with E-state index in [-0.39, 0.29) is 5.60 Å². The number of hydrogen-bond donors (Lipinski definition) is 2. The highest BCUT2D eigenvalue weighted by atomic mass is 16.5. The van der Waals surface area contributed by atoms with Crippen LogP contribution in [0.3, 0.4) is 0 Å². The molecule has 0 aliphatic heterocycles. The van der Waals surface area contributed by atoms with Crippen molar-refractivity contribution < 1.29 is 19.4 Å². The van der Waals surface area contributed by atoms with E-state index in [0.717, 1.165) is 19.3 Å². The number of methoxy groups -OCH3 is 1. The zero-order chi connectivity index (χ0) is 13.6. The molecule has 1 atom stereocenters. The van der Waals surface area contributed by atoms with Crippen LogP contribution < -0.4 is 5.32 Å². The summed E-state index contributed by atoms with van der Waals surface area (Å²) in [4.78, 5) is 11.0. The van der Waals surface area contributed by atoms with Crippen molar-refractivity contribution in [2.45, 2.75) is 57.2 Å². The molecule has 1 fully saturated rings. The normalized spacial score (nSPS) is 17.7. The van der Waals surface area contributed by atoms with E-state index in [1.807, 2.05) is 13.8 Å². The predicted molar refractivity (Wildman–Crippen MR) is 68.7 cm³/mol. The first-order valence-electron chi connectivity index (χ1n) is 6.56. The molecule has 0 aromatic heterocycles. The molecule has 1 unspecified atom stereocenters. The number of aliphatic carboxylic acids is 1. The fourth-order valence-corrected chi connectivity index (χ4v) is 1.54. The second-order valence-corrected chi connectivity index (χ2v) is 5.45. The van der Waals surface area contributed by atoms with Crippen molar-refractivity contribution in [2.24, 2.45) is 0 Å². The quantitative estimate of drug-likeness (QED) is 0.581. The minimum atomic E-state index is -0.789. The summed E-state index contributed by atoms with van der Waals surface area (Å²) < 4.78 is 10.7. The van der Waals surface area contributed by atoms with E-state index >= 15 is 0 Å². The van der Waals surface area contributed by atoms with Crippen LogP contribution >= 0.6 is 0 Å². The summed E-state index contributed by atoms with van der Waals surface area (Å²) >= 11 is 0. The Labute approximate surface area is 109 Å². The third-order valence-electron chi connectivity index (χ3n) is 3.26. The lowest BCUT2D eigenvalue weighted by Gasteiger charge is -2.22. The van der Waals surface area contributed by atoms with E-state index in [9.17, 15) is 4.79 Å². The van der Waals surface area contributed by atoms with Gasteiger partial charge in [0.2, 0.25) is 0 Å². The van der Waals surface area contributed by atoms with E-state index in [2.05, 4.69) is 5.32 Å². The smallest absolute Gasteiger partial charge is 0.320 e. The highest BCUT2D eigenvalue weighted by Gasteiger charge is 2.27. The van der Waals surface area contributed by atoms with Crippen LogP contribution in [0.2, 0.25) is 0 Å². The Morgan fingerprint density at radius 2 is 2.11 bits per heavy atom. The van der Waals surface area contributed by atoms with E-state index in [0.29, 0.717) is 25.7 Å². The lowest BCUT2D eigenvalue weighted by atomic mass is 10.1. The minimum absolute atomic E-state index is 0.182. The zero-order valence-corrected chi connectivity index (χ0v) is 11.6. The summed E-state index contributed by atoms with van der Waals surface area (Å²) in [6.45, 7) is 5.07. The van der Waals surface area contributed by atoms with Gasteiger partial charge in [0.1, 0.15) is 6.04 Å². The Morgan fingerprint density at radius 1 is 1.44 bits per heavy atom. The summed E-state index contributed by atoms with van der Waals surface area (Å²) in [5.74, 6) is -0.789. The standard InChI is InChI=1S/C13H25NO4/c1-13(2,17-3)7-9-18-8-6-11(12(15)16)14-10-4-5-10/h10-11,14H,4-9H2,1-3H3,(H,15,16). The molecule has 0 amide bonds. The lowest BCUT2D eigenvalue weighted by Crippen LogP contribution is -2.39. The van der Waals surface area contributed by atoms with Gasteiger partial charge in [-0.15, -0.1) is 0 Å². The molecule has 5 nitrogen and oxygen atoms in total. The molecule has 0 aromatic carbocycles. The SMILES string of the molecule is COC(C)(C)CCOCCC(NC1CC1)C(=O)O. The molecule has 0 aromatic rings. The van der Waals surface area contributed by atoms with Gasteiger partial charge in [0.05, 0.1) is 5.60 Å². The average Bonchev–Trinajstić information content (AvgIpc) is 3.10. The molecule has 1 rings (SSSR count). The second-order valence-electron chi connectivity index (χ2n) is 5.45. The molecule has 1 aliphatic carbocycles. The fourth-order valence-electron chi connectivity index (χ4n) is 1.54. The van der Waals surface area contributed by atoms with Gasteiger partial charge < -0.3 is 19.9 Å². The van der Waals surface area contributed by atoms with E-state index in [1.165, 1.54) is 0 Å². The summed E-state index contributed by atoms with van der Waals surface area (Å²) in [5.41, 5.74) is -0.182. The van der Waals surface area contributed by atoms with Gasteiger partial charge in [-0.05, 0) is 39.5 Å². The Hall–Kier alpha value is -0.650. The maximum absolute atomic E-state index is 11.0. The van der Waals surface area contributed by atoms with E-state index < -0.39 is 12.0 Å². The van der Waals surface area contributed by atoms with Gasteiger partial charge in [-0.1, -0.05) is 0 Å². The highest BCUT2D eigenvalue weighted by Crippen LogP contribution is 2.20. The molecule has 0 saturated heterocycles. The summed E-state index contributed by atoms with van der Waals surface area (Å²) in [7, 11) is 1.68. The zero-order valence-electron chi connectivity index (χ0n) is 11.6. The van der Waals surface area contributed by atoms with Crippen LogP contribution in [0, 0.1) is 0 Å². The van der Waals surface area contributed by atoms with Gasteiger partial charge in [0.15, 0.2) is 0 Å². The number of hydrogen-bond acceptors (Lipinski definition) is 4. The molecular formula is C13H25NO4. The number of rotatable bonds is 10. The maximum atomic E-state index is 11.0. The van der Waals surface area contributed by atoms with Crippen molar-refractivity contribution in [1.29, 1.82) is 0 Å². The first kappa shape index (κ1) is 15.4. The van der Waals surface area contributed by atoms with E-state index in [1.54, 1.807) is 7.11 Å². The third-order valence-corrected chi connectivity index (χ3v) is 3.26. The summed E-state index contributed by atoms with van der Waals surface area (Å²) in [6.07, 6.45) is 3.50. The lowest BCUT2D eigenvalue weighted by molar-refractivity contribution is -0.140. The van der Waals surface area contributed by atoms with Crippen molar-refractivity contribution in [3.8, 4) is 0 Å². The van der Waals surface area contributed by atoms with Crippen LogP contribution in [0.25, 0.3) is 0 Å². The molecule has 5 heteroatoms. The van der Waals surface area contributed by atoms with Crippen LogP contribution in [0.5, 0.6) is 0 Å². The summed E-state index contributed by atoms with van der Waals surface area (Å²) in [5, 5.41) is 12.1. The van der Waals surface area contributed by atoms with Gasteiger partial charge in [0, 0.05) is 26.4 Å². The van der Waals surface area contributed by atoms with Crippen LogP contribution in [0.1, 0.15) is 39.5 Å². The van der Waals surface area contributed by atoms with Gasteiger partial charge in [-0.25, -0.2) is 0 Å². The number of carboxylic acids is 1. The van der Waals surface area contributed by atoms with Crippen LogP contribution in [0.15, 0.2) is 0 Å². The molecular weight excluding hydrogens is 234 g/mol. The molecule has 0 bridgehead atoms. The number of carbonyl (C=O) groups is 1. The van der Waals surface area contributed by atoms with Crippen molar-refractivity contribution in [1.82, 2.24) is 5.32 Å². The van der Waals surface area contributed by atoms with Crippen molar-refractivity contribution in [3.05, 3.63) is 0 Å². The van der Waals surface area contributed by atoms with Gasteiger partial charge in [-0.2, -0.15) is 0 Å². The number of carboxylic acid groups (broad SMARTS) is 1. The number of nitrogens with one attached hydrogen (secondary N) is 1. The third kappa shape index (κ3) is 6.33. The molecule has 1 saturated carbocycles. The van der Waals surface area contributed by atoms with Crippen LogP contribution in [-0.2, 0) is 14.3 Å². The Balaban J connectivity index is 2.09. The van der Waals surface area contributed by atoms with Crippen molar-refractivity contribution in [2.75, 3.05) is 20.3 Å². The maximum Gasteiger partial charge on any atom is 0.320 e. The molecule has 0 radical (unpaired) electrons. The highest BCUT2D eigenvalue weighted by molar-refractivity contribution is 5.73. The first-order chi connectivity index (χ1) is 8.44. The predicted octanol–water partition coefficient (Wildman–Crippen LogP) is 1.41.